The summed E-state index contributed by atoms with van der Waals surface area (Å²) in [4.78, 5) is 15.0. The summed E-state index contributed by atoms with van der Waals surface area (Å²) in [6.07, 6.45) is 0. The van der Waals surface area contributed by atoms with Crippen molar-refractivity contribution in [3.63, 3.8) is 0 Å². The van der Waals surface area contributed by atoms with Crippen molar-refractivity contribution >= 4 is 45.2 Å². The van der Waals surface area contributed by atoms with Gasteiger partial charge in [0.2, 0.25) is 0 Å². The van der Waals surface area contributed by atoms with Crippen molar-refractivity contribution in [2.75, 3.05) is 9.80 Å². The van der Waals surface area contributed by atoms with Crippen molar-refractivity contribution < 1.29 is 0 Å². The second kappa shape index (κ2) is 16.4. The van der Waals surface area contributed by atoms with Gasteiger partial charge in [-0.25, -0.2) is 9.97 Å². The standard InChI is InChI=1S/C56H40N4/c1-5-15-47(16-6-1)59(48-17-7-2-8-18-48)51-37-33-43(34-38-51)41-25-29-45(30-26-41)55-56(58-54-24-14-13-23-53(54)57-55)46-31-27-42(28-32-46)44-35-39-52(40-36-44)60(49-19-9-3-10-20-49)50-21-11-4-12-22-50/h1-40H. The quantitative estimate of drug-likeness (QED) is 0.139. The first kappa shape index (κ1) is 36.3. The predicted octanol–water partition coefficient (Wildman–Crippen LogP) is 15.2. The van der Waals surface area contributed by atoms with Gasteiger partial charge in [0.1, 0.15) is 0 Å². The highest BCUT2D eigenvalue weighted by Gasteiger charge is 2.16. The average Bonchev–Trinajstić information content (AvgIpc) is 3.33. The van der Waals surface area contributed by atoms with Crippen LogP contribution in [0.25, 0.3) is 55.8 Å². The largest absolute Gasteiger partial charge is 0.311 e. The molecule has 0 N–H and O–H groups in total. The second-order valence-electron chi connectivity index (χ2n) is 14.7. The molecule has 0 atom stereocenters. The Morgan fingerprint density at radius 1 is 0.200 bits per heavy atom. The Kier molecular flexibility index (Phi) is 9.92. The molecule has 1 heterocycles. The summed E-state index contributed by atoms with van der Waals surface area (Å²) >= 11 is 0. The van der Waals surface area contributed by atoms with Gasteiger partial charge in [-0.1, -0.05) is 158 Å². The van der Waals surface area contributed by atoms with Crippen LogP contribution in [0.3, 0.4) is 0 Å². The van der Waals surface area contributed by atoms with Crippen LogP contribution in [0, 0.1) is 0 Å². The minimum absolute atomic E-state index is 0.857. The fraction of sp³-hybridized carbons (Fsp3) is 0. The lowest BCUT2D eigenvalue weighted by atomic mass is 9.98. The summed E-state index contributed by atoms with van der Waals surface area (Å²) < 4.78 is 0. The Hall–Kier alpha value is -8.08. The zero-order valence-electron chi connectivity index (χ0n) is 32.9. The molecule has 0 amide bonds. The highest BCUT2D eigenvalue weighted by atomic mass is 15.1. The van der Waals surface area contributed by atoms with Crippen LogP contribution in [0.2, 0.25) is 0 Å². The first-order valence-electron chi connectivity index (χ1n) is 20.2. The van der Waals surface area contributed by atoms with E-state index in [0.29, 0.717) is 0 Å². The molecule has 0 saturated heterocycles. The molecule has 1 aromatic heterocycles. The van der Waals surface area contributed by atoms with Gasteiger partial charge in [0.25, 0.3) is 0 Å². The monoisotopic (exact) mass is 768 g/mol. The summed E-state index contributed by atoms with van der Waals surface area (Å²) in [6.45, 7) is 0. The normalized spacial score (nSPS) is 11.0. The lowest BCUT2D eigenvalue weighted by Crippen LogP contribution is -2.09. The molecule has 0 bridgehead atoms. The number of hydrogen-bond donors (Lipinski definition) is 0. The third-order valence-corrected chi connectivity index (χ3v) is 10.9. The lowest BCUT2D eigenvalue weighted by molar-refractivity contribution is 1.28. The van der Waals surface area contributed by atoms with Gasteiger partial charge < -0.3 is 9.80 Å². The van der Waals surface area contributed by atoms with E-state index in [1.807, 2.05) is 24.3 Å². The van der Waals surface area contributed by atoms with Gasteiger partial charge in [-0.05, 0) is 107 Å². The molecule has 10 rings (SSSR count). The molecule has 284 valence electrons. The van der Waals surface area contributed by atoms with Gasteiger partial charge >= 0.3 is 0 Å². The Balaban J connectivity index is 0.934. The first-order valence-corrected chi connectivity index (χ1v) is 20.2. The SMILES string of the molecule is c1ccc(N(c2ccccc2)c2ccc(-c3ccc(-c4nc5ccccc5nc4-c4ccc(-c5ccc(N(c6ccccc6)c6ccccc6)cc5)cc4)cc3)cc2)cc1. The molecule has 0 fully saturated rings. The van der Waals surface area contributed by atoms with Crippen molar-refractivity contribution in [3.8, 4) is 44.8 Å². The van der Waals surface area contributed by atoms with Crippen LogP contribution in [0.1, 0.15) is 0 Å². The Morgan fingerprint density at radius 2 is 0.417 bits per heavy atom. The number of para-hydroxylation sites is 6. The molecule has 4 heteroatoms. The molecular formula is C56H40N4. The van der Waals surface area contributed by atoms with Crippen molar-refractivity contribution in [1.82, 2.24) is 9.97 Å². The van der Waals surface area contributed by atoms with Gasteiger partial charge in [-0.2, -0.15) is 0 Å². The number of fused-ring (bicyclic) bond motifs is 1. The van der Waals surface area contributed by atoms with Crippen LogP contribution < -0.4 is 9.80 Å². The Labute approximate surface area is 351 Å². The molecule has 60 heavy (non-hydrogen) atoms. The molecule has 0 aliphatic heterocycles. The summed E-state index contributed by atoms with van der Waals surface area (Å²) in [7, 11) is 0. The van der Waals surface area contributed by atoms with Gasteiger partial charge in [0, 0.05) is 45.3 Å². The van der Waals surface area contributed by atoms with Crippen LogP contribution in [0.4, 0.5) is 34.1 Å². The molecule has 0 radical (unpaired) electrons. The van der Waals surface area contributed by atoms with Crippen LogP contribution in [-0.4, -0.2) is 9.97 Å². The molecule has 0 aliphatic carbocycles. The maximum absolute atomic E-state index is 5.20. The predicted molar refractivity (Wildman–Crippen MR) is 251 cm³/mol. The summed E-state index contributed by atoms with van der Waals surface area (Å²) in [5.74, 6) is 0. The number of benzene rings is 9. The smallest absolute Gasteiger partial charge is 0.0973 e. The van der Waals surface area contributed by atoms with Gasteiger partial charge in [0.05, 0.1) is 22.4 Å². The minimum Gasteiger partial charge on any atom is -0.311 e. The van der Waals surface area contributed by atoms with E-state index in [0.717, 1.165) is 89.9 Å². The van der Waals surface area contributed by atoms with Crippen molar-refractivity contribution in [1.29, 1.82) is 0 Å². The molecule has 0 spiro atoms. The van der Waals surface area contributed by atoms with E-state index >= 15 is 0 Å². The summed E-state index contributed by atoms with van der Waals surface area (Å²) in [6, 6.07) is 85.0. The number of rotatable bonds is 10. The van der Waals surface area contributed by atoms with E-state index in [2.05, 4.69) is 228 Å². The zero-order chi connectivity index (χ0) is 40.1. The lowest BCUT2D eigenvalue weighted by Gasteiger charge is -2.25. The van der Waals surface area contributed by atoms with E-state index in [-0.39, 0.29) is 0 Å². The van der Waals surface area contributed by atoms with Crippen molar-refractivity contribution in [2.45, 2.75) is 0 Å². The molecule has 0 unspecified atom stereocenters. The topological polar surface area (TPSA) is 32.3 Å². The highest BCUT2D eigenvalue weighted by molar-refractivity contribution is 5.88. The summed E-state index contributed by atoms with van der Waals surface area (Å²) in [5.41, 5.74) is 16.7. The van der Waals surface area contributed by atoms with E-state index in [1.165, 1.54) is 0 Å². The van der Waals surface area contributed by atoms with Gasteiger partial charge in [-0.3, -0.25) is 0 Å². The highest BCUT2D eigenvalue weighted by Crippen LogP contribution is 2.38. The number of aromatic nitrogens is 2. The van der Waals surface area contributed by atoms with Gasteiger partial charge in [-0.15, -0.1) is 0 Å². The first-order chi connectivity index (χ1) is 29.7. The molecule has 10 aromatic rings. The molecule has 9 aromatic carbocycles. The third kappa shape index (κ3) is 7.42. The van der Waals surface area contributed by atoms with Crippen LogP contribution in [0.5, 0.6) is 0 Å². The number of anilines is 6. The van der Waals surface area contributed by atoms with Gasteiger partial charge in [0.15, 0.2) is 0 Å². The van der Waals surface area contributed by atoms with E-state index in [4.69, 9.17) is 9.97 Å². The number of hydrogen-bond acceptors (Lipinski definition) is 4. The van der Waals surface area contributed by atoms with Crippen LogP contribution in [-0.2, 0) is 0 Å². The fourth-order valence-electron chi connectivity index (χ4n) is 7.85. The second-order valence-corrected chi connectivity index (χ2v) is 14.7. The summed E-state index contributed by atoms with van der Waals surface area (Å²) in [5, 5.41) is 0. The number of nitrogens with zero attached hydrogens (tertiary/aromatic N) is 4. The minimum atomic E-state index is 0.857. The van der Waals surface area contributed by atoms with E-state index in [9.17, 15) is 0 Å². The van der Waals surface area contributed by atoms with Crippen molar-refractivity contribution in [2.24, 2.45) is 0 Å². The Morgan fingerprint density at radius 3 is 0.700 bits per heavy atom. The maximum atomic E-state index is 5.20. The van der Waals surface area contributed by atoms with E-state index < -0.39 is 0 Å². The van der Waals surface area contributed by atoms with Crippen LogP contribution >= 0.6 is 0 Å². The van der Waals surface area contributed by atoms with E-state index in [1.54, 1.807) is 0 Å². The molecular weight excluding hydrogens is 729 g/mol. The third-order valence-electron chi connectivity index (χ3n) is 10.9. The molecule has 0 aliphatic rings. The van der Waals surface area contributed by atoms with Crippen LogP contribution in [0.15, 0.2) is 243 Å². The maximum Gasteiger partial charge on any atom is 0.0973 e. The zero-order valence-corrected chi connectivity index (χ0v) is 32.9. The Bertz CT molecular complexity index is 2680. The molecule has 0 saturated carbocycles. The molecule has 4 nitrogen and oxygen atoms in total. The van der Waals surface area contributed by atoms with Crippen molar-refractivity contribution in [3.05, 3.63) is 243 Å². The average molecular weight is 769 g/mol. The fourth-order valence-corrected chi connectivity index (χ4v) is 7.85.